The number of aromatic nitrogens is 2. The molecule has 5 nitrogen and oxygen atoms in total. The standard InChI is InChI=1S/C15H25ClN4O/c1-2-9-17-14-18-10-12(16)13(20-14)19-11-15(21)7-5-3-4-6-8-15/h10,21H,2-9,11H2,1H3,(H2,17,18,19,20). The van der Waals surface area contributed by atoms with Gasteiger partial charge in [0.25, 0.3) is 0 Å². The summed E-state index contributed by atoms with van der Waals surface area (Å²) in [6.07, 6.45) is 8.86. The molecule has 1 heterocycles. The molecular weight excluding hydrogens is 288 g/mol. The van der Waals surface area contributed by atoms with Crippen molar-refractivity contribution < 1.29 is 5.11 Å². The maximum Gasteiger partial charge on any atom is 0.224 e. The Bertz CT molecular complexity index is 447. The highest BCUT2D eigenvalue weighted by Crippen LogP contribution is 2.28. The van der Waals surface area contributed by atoms with Crippen molar-refractivity contribution in [2.45, 2.75) is 57.5 Å². The number of aliphatic hydroxyl groups is 1. The Morgan fingerprint density at radius 1 is 1.24 bits per heavy atom. The number of rotatable bonds is 6. The minimum atomic E-state index is -0.651. The minimum absolute atomic E-state index is 0.481. The van der Waals surface area contributed by atoms with Crippen LogP contribution in [-0.2, 0) is 0 Å². The summed E-state index contributed by atoms with van der Waals surface area (Å²) in [4.78, 5) is 8.52. The summed E-state index contributed by atoms with van der Waals surface area (Å²) < 4.78 is 0. The average Bonchev–Trinajstić information content (AvgIpc) is 2.70. The molecule has 1 aliphatic rings. The largest absolute Gasteiger partial charge is 0.388 e. The van der Waals surface area contributed by atoms with Gasteiger partial charge in [0.1, 0.15) is 5.02 Å². The molecule has 1 fully saturated rings. The van der Waals surface area contributed by atoms with Crippen LogP contribution in [0.5, 0.6) is 0 Å². The summed E-state index contributed by atoms with van der Waals surface area (Å²) in [5.41, 5.74) is -0.651. The molecular formula is C15H25ClN4O. The van der Waals surface area contributed by atoms with Gasteiger partial charge in [-0.1, -0.05) is 44.2 Å². The zero-order chi connectivity index (χ0) is 15.1. The van der Waals surface area contributed by atoms with E-state index in [9.17, 15) is 5.11 Å². The minimum Gasteiger partial charge on any atom is -0.388 e. The number of anilines is 2. The van der Waals surface area contributed by atoms with E-state index in [1.54, 1.807) is 6.20 Å². The Balaban J connectivity index is 1.97. The number of hydrogen-bond acceptors (Lipinski definition) is 5. The maximum atomic E-state index is 10.6. The van der Waals surface area contributed by atoms with Crippen LogP contribution < -0.4 is 10.6 Å². The molecule has 118 valence electrons. The zero-order valence-electron chi connectivity index (χ0n) is 12.7. The first-order valence-corrected chi connectivity index (χ1v) is 8.23. The van der Waals surface area contributed by atoms with E-state index in [-0.39, 0.29) is 0 Å². The second kappa shape index (κ2) is 7.80. The molecule has 21 heavy (non-hydrogen) atoms. The molecule has 1 aromatic rings. The van der Waals surface area contributed by atoms with E-state index in [0.717, 1.165) is 38.6 Å². The Labute approximate surface area is 131 Å². The van der Waals surface area contributed by atoms with Crippen molar-refractivity contribution in [3.8, 4) is 0 Å². The van der Waals surface area contributed by atoms with E-state index in [0.29, 0.717) is 23.3 Å². The van der Waals surface area contributed by atoms with Crippen molar-refractivity contribution in [2.75, 3.05) is 23.7 Å². The normalized spacial score (nSPS) is 18.0. The highest BCUT2D eigenvalue weighted by atomic mass is 35.5. The summed E-state index contributed by atoms with van der Waals surface area (Å²) >= 11 is 6.13. The van der Waals surface area contributed by atoms with Crippen LogP contribution in [-0.4, -0.2) is 33.8 Å². The fourth-order valence-electron chi connectivity index (χ4n) is 2.62. The Morgan fingerprint density at radius 3 is 2.62 bits per heavy atom. The highest BCUT2D eigenvalue weighted by molar-refractivity contribution is 6.32. The molecule has 0 aliphatic heterocycles. The summed E-state index contributed by atoms with van der Waals surface area (Å²) in [6, 6.07) is 0. The van der Waals surface area contributed by atoms with Crippen molar-refractivity contribution in [3.63, 3.8) is 0 Å². The average molecular weight is 313 g/mol. The molecule has 0 saturated heterocycles. The maximum absolute atomic E-state index is 10.6. The molecule has 1 aliphatic carbocycles. The van der Waals surface area contributed by atoms with Gasteiger partial charge in [0.2, 0.25) is 5.95 Å². The lowest BCUT2D eigenvalue weighted by molar-refractivity contribution is 0.0380. The van der Waals surface area contributed by atoms with Gasteiger partial charge < -0.3 is 15.7 Å². The molecule has 2 rings (SSSR count). The summed E-state index contributed by atoms with van der Waals surface area (Å²) in [7, 11) is 0. The number of nitrogens with zero attached hydrogens (tertiary/aromatic N) is 2. The van der Waals surface area contributed by atoms with Crippen LogP contribution >= 0.6 is 11.6 Å². The van der Waals surface area contributed by atoms with Crippen molar-refractivity contribution in [1.82, 2.24) is 9.97 Å². The third-order valence-corrected chi connectivity index (χ3v) is 4.17. The van der Waals surface area contributed by atoms with E-state index < -0.39 is 5.60 Å². The van der Waals surface area contributed by atoms with Crippen LogP contribution in [0.3, 0.4) is 0 Å². The van der Waals surface area contributed by atoms with Crippen LogP contribution in [0.2, 0.25) is 5.02 Å². The molecule has 0 bridgehead atoms. The van der Waals surface area contributed by atoms with E-state index in [1.165, 1.54) is 12.8 Å². The fourth-order valence-corrected chi connectivity index (χ4v) is 2.78. The van der Waals surface area contributed by atoms with Gasteiger partial charge in [-0.15, -0.1) is 0 Å². The first-order chi connectivity index (χ1) is 10.1. The Kier molecular flexibility index (Phi) is 6.06. The lowest BCUT2D eigenvalue weighted by Gasteiger charge is -2.27. The first-order valence-electron chi connectivity index (χ1n) is 7.86. The van der Waals surface area contributed by atoms with Gasteiger partial charge >= 0.3 is 0 Å². The molecule has 1 aromatic heterocycles. The Hall–Kier alpha value is -1.07. The molecule has 0 aromatic carbocycles. The van der Waals surface area contributed by atoms with Gasteiger partial charge in [0, 0.05) is 13.1 Å². The second-order valence-corrected chi connectivity index (χ2v) is 6.22. The van der Waals surface area contributed by atoms with Gasteiger partial charge in [-0.25, -0.2) is 4.98 Å². The van der Waals surface area contributed by atoms with Gasteiger partial charge in [0.15, 0.2) is 5.82 Å². The lowest BCUT2D eigenvalue weighted by Crippen LogP contribution is -2.36. The van der Waals surface area contributed by atoms with Crippen molar-refractivity contribution in [2.24, 2.45) is 0 Å². The van der Waals surface area contributed by atoms with Crippen molar-refractivity contribution in [3.05, 3.63) is 11.2 Å². The van der Waals surface area contributed by atoms with Crippen LogP contribution in [0, 0.1) is 0 Å². The molecule has 6 heteroatoms. The number of halogens is 1. The number of hydrogen-bond donors (Lipinski definition) is 3. The van der Waals surface area contributed by atoms with E-state index >= 15 is 0 Å². The van der Waals surface area contributed by atoms with E-state index in [2.05, 4.69) is 27.5 Å². The third-order valence-electron chi connectivity index (χ3n) is 3.90. The number of nitrogens with one attached hydrogen (secondary N) is 2. The topological polar surface area (TPSA) is 70.1 Å². The smallest absolute Gasteiger partial charge is 0.224 e. The van der Waals surface area contributed by atoms with Crippen LogP contribution in [0.25, 0.3) is 0 Å². The molecule has 3 N–H and O–H groups in total. The fraction of sp³-hybridized carbons (Fsp3) is 0.733. The molecule has 0 atom stereocenters. The zero-order valence-corrected chi connectivity index (χ0v) is 13.4. The molecule has 0 radical (unpaired) electrons. The second-order valence-electron chi connectivity index (χ2n) is 5.81. The molecule has 1 saturated carbocycles. The van der Waals surface area contributed by atoms with Crippen molar-refractivity contribution >= 4 is 23.4 Å². The predicted octanol–water partition coefficient (Wildman–Crippen LogP) is 3.45. The summed E-state index contributed by atoms with van der Waals surface area (Å²) in [5.74, 6) is 1.15. The van der Waals surface area contributed by atoms with Crippen LogP contribution in [0.4, 0.5) is 11.8 Å². The molecule has 0 amide bonds. The van der Waals surface area contributed by atoms with Gasteiger partial charge in [-0.2, -0.15) is 4.98 Å². The van der Waals surface area contributed by atoms with Gasteiger partial charge in [-0.05, 0) is 19.3 Å². The Morgan fingerprint density at radius 2 is 1.95 bits per heavy atom. The predicted molar refractivity (Wildman–Crippen MR) is 87.0 cm³/mol. The highest BCUT2D eigenvalue weighted by Gasteiger charge is 2.28. The monoisotopic (exact) mass is 312 g/mol. The first kappa shape index (κ1) is 16.3. The summed E-state index contributed by atoms with van der Waals surface area (Å²) in [5, 5.41) is 17.5. The van der Waals surface area contributed by atoms with E-state index in [1.807, 2.05) is 0 Å². The van der Waals surface area contributed by atoms with Crippen LogP contribution in [0.15, 0.2) is 6.20 Å². The SMILES string of the molecule is CCCNc1ncc(Cl)c(NCC2(O)CCCCCC2)n1. The third kappa shape index (κ3) is 5.00. The van der Waals surface area contributed by atoms with E-state index in [4.69, 9.17) is 11.6 Å². The van der Waals surface area contributed by atoms with Gasteiger partial charge in [-0.3, -0.25) is 0 Å². The lowest BCUT2D eigenvalue weighted by atomic mass is 9.94. The van der Waals surface area contributed by atoms with Crippen molar-refractivity contribution in [1.29, 1.82) is 0 Å². The summed E-state index contributed by atoms with van der Waals surface area (Å²) in [6.45, 7) is 3.39. The quantitative estimate of drug-likeness (QED) is 0.702. The molecule has 0 spiro atoms. The molecule has 0 unspecified atom stereocenters. The van der Waals surface area contributed by atoms with Gasteiger partial charge in [0.05, 0.1) is 11.8 Å². The van der Waals surface area contributed by atoms with Crippen LogP contribution in [0.1, 0.15) is 51.9 Å².